The summed E-state index contributed by atoms with van der Waals surface area (Å²) >= 11 is 0. The molecule has 5 nitrogen and oxygen atoms in total. The summed E-state index contributed by atoms with van der Waals surface area (Å²) in [5.41, 5.74) is -3.51. The van der Waals surface area contributed by atoms with Crippen LogP contribution >= 0.6 is 0 Å². The van der Waals surface area contributed by atoms with Crippen LogP contribution in [0.25, 0.3) is 0 Å². The van der Waals surface area contributed by atoms with Crippen molar-refractivity contribution < 1.29 is 39.9 Å². The van der Waals surface area contributed by atoms with Crippen molar-refractivity contribution in [2.45, 2.75) is 23.9 Å². The average Bonchev–Trinajstić information content (AvgIpc) is 2.53. The summed E-state index contributed by atoms with van der Waals surface area (Å²) in [6.07, 6.45) is -9.38. The number of hydrogen-bond acceptors (Lipinski definition) is 4. The molecule has 0 aliphatic heterocycles. The van der Waals surface area contributed by atoms with Crippen molar-refractivity contribution in [3.63, 3.8) is 0 Å². The van der Waals surface area contributed by atoms with Gasteiger partial charge in [-0.2, -0.15) is 26.3 Å². The van der Waals surface area contributed by atoms with Crippen LogP contribution in [0.4, 0.5) is 32.0 Å². The number of pyridine rings is 1. The predicted octanol–water partition coefficient (Wildman–Crippen LogP) is 3.41. The first-order chi connectivity index (χ1) is 11.8. The lowest BCUT2D eigenvalue weighted by Gasteiger charge is -2.15. The fourth-order valence-corrected chi connectivity index (χ4v) is 2.99. The van der Waals surface area contributed by atoms with Gasteiger partial charge in [0.1, 0.15) is 0 Å². The highest BCUT2D eigenvalue weighted by molar-refractivity contribution is 7.92. The summed E-state index contributed by atoms with van der Waals surface area (Å²) in [5, 5.41) is 8.84. The minimum atomic E-state index is -5.17. The Morgan fingerprint density at radius 1 is 0.962 bits per heavy atom. The number of aliphatic hydroxyl groups excluding tert-OH is 1. The number of aliphatic hydroxyl groups is 1. The van der Waals surface area contributed by atoms with E-state index < -0.39 is 45.0 Å². The molecule has 0 bridgehead atoms. The Kier molecular flexibility index (Phi) is 5.19. The molecular formula is C14H10F6N2O3S. The van der Waals surface area contributed by atoms with Gasteiger partial charge in [-0.25, -0.2) is 8.42 Å². The van der Waals surface area contributed by atoms with E-state index in [1.807, 2.05) is 4.72 Å². The number of aromatic nitrogens is 1. The zero-order valence-corrected chi connectivity index (χ0v) is 13.4. The summed E-state index contributed by atoms with van der Waals surface area (Å²) in [6.45, 7) is -0.435. The third-order valence-electron chi connectivity index (χ3n) is 3.11. The van der Waals surface area contributed by atoms with E-state index in [0.717, 1.165) is 12.3 Å². The number of sulfonamides is 1. The lowest BCUT2D eigenvalue weighted by Crippen LogP contribution is -2.17. The maximum absolute atomic E-state index is 12.8. The summed E-state index contributed by atoms with van der Waals surface area (Å²) in [6, 6.07) is 2.41. The molecule has 0 radical (unpaired) electrons. The monoisotopic (exact) mass is 400 g/mol. The lowest BCUT2D eigenvalue weighted by atomic mass is 10.1. The Bertz CT molecular complexity index is 860. The van der Waals surface area contributed by atoms with Crippen molar-refractivity contribution in [2.75, 3.05) is 4.72 Å². The van der Waals surface area contributed by atoms with Crippen molar-refractivity contribution in [3.8, 4) is 0 Å². The highest BCUT2D eigenvalue weighted by Gasteiger charge is 2.38. The molecule has 2 aromatic rings. The highest BCUT2D eigenvalue weighted by atomic mass is 32.2. The third kappa shape index (κ3) is 4.64. The third-order valence-corrected chi connectivity index (χ3v) is 4.47. The molecule has 1 aromatic heterocycles. The zero-order valence-electron chi connectivity index (χ0n) is 12.6. The normalized spacial score (nSPS) is 12.9. The molecule has 0 fully saturated rings. The van der Waals surface area contributed by atoms with Crippen molar-refractivity contribution in [1.82, 2.24) is 4.98 Å². The second kappa shape index (κ2) is 6.76. The molecule has 0 aliphatic carbocycles. The van der Waals surface area contributed by atoms with Gasteiger partial charge in [0.15, 0.2) is 0 Å². The number of halogens is 6. The van der Waals surface area contributed by atoms with E-state index in [4.69, 9.17) is 5.11 Å². The summed E-state index contributed by atoms with van der Waals surface area (Å²) in [5.74, 6) is 0. The molecule has 0 aliphatic rings. The quantitative estimate of drug-likeness (QED) is 0.771. The number of alkyl halides is 6. The first kappa shape index (κ1) is 20.0. The molecule has 0 saturated heterocycles. The van der Waals surface area contributed by atoms with Crippen LogP contribution in [-0.2, 0) is 29.0 Å². The largest absolute Gasteiger partial charge is 0.416 e. The topological polar surface area (TPSA) is 79.3 Å². The predicted molar refractivity (Wildman–Crippen MR) is 77.4 cm³/mol. The van der Waals surface area contributed by atoms with Gasteiger partial charge in [0.2, 0.25) is 0 Å². The van der Waals surface area contributed by atoms with Crippen molar-refractivity contribution >= 4 is 15.7 Å². The second-order valence-electron chi connectivity index (χ2n) is 5.04. The Morgan fingerprint density at radius 3 is 1.88 bits per heavy atom. The number of benzene rings is 1. The molecule has 2 rings (SSSR count). The van der Waals surface area contributed by atoms with Crippen LogP contribution in [0.5, 0.6) is 0 Å². The molecule has 0 spiro atoms. The smallest absolute Gasteiger partial charge is 0.390 e. The van der Waals surface area contributed by atoms with Crippen LogP contribution in [0.15, 0.2) is 41.4 Å². The number of rotatable bonds is 4. The van der Waals surface area contributed by atoms with Gasteiger partial charge in [-0.05, 0) is 30.3 Å². The van der Waals surface area contributed by atoms with Crippen LogP contribution in [0, 0.1) is 0 Å². The van der Waals surface area contributed by atoms with Crippen LogP contribution in [0.1, 0.15) is 16.8 Å². The van der Waals surface area contributed by atoms with Gasteiger partial charge in [-0.1, -0.05) is 0 Å². The Labute approximate surface area is 143 Å². The molecule has 1 heterocycles. The molecule has 0 saturated carbocycles. The fraction of sp³-hybridized carbons (Fsp3) is 0.214. The van der Waals surface area contributed by atoms with Gasteiger partial charge < -0.3 is 5.11 Å². The number of nitrogens with one attached hydrogen (secondary N) is 1. The first-order valence-electron chi connectivity index (χ1n) is 6.71. The van der Waals surface area contributed by atoms with E-state index in [2.05, 4.69) is 4.98 Å². The van der Waals surface area contributed by atoms with E-state index in [1.54, 1.807) is 0 Å². The van der Waals surface area contributed by atoms with E-state index in [-0.39, 0.29) is 29.6 Å². The van der Waals surface area contributed by atoms with Crippen molar-refractivity contribution in [1.29, 1.82) is 0 Å². The fourth-order valence-electron chi connectivity index (χ4n) is 1.87. The summed E-state index contributed by atoms with van der Waals surface area (Å²) in [4.78, 5) is 2.45. The van der Waals surface area contributed by atoms with E-state index in [1.165, 1.54) is 6.07 Å². The van der Waals surface area contributed by atoms with Gasteiger partial charge in [0.05, 0.1) is 40.2 Å². The first-order valence-corrected chi connectivity index (χ1v) is 8.19. The lowest BCUT2D eigenvalue weighted by molar-refractivity contribution is -0.143. The Morgan fingerprint density at radius 2 is 1.50 bits per heavy atom. The molecule has 0 atom stereocenters. The maximum Gasteiger partial charge on any atom is 0.416 e. The molecule has 0 unspecified atom stereocenters. The minimum Gasteiger partial charge on any atom is -0.390 e. The SMILES string of the molecule is O=S(=O)(Nc1ccc(CO)nc1)c1cc(C(F)(F)F)cc(C(F)(F)F)c1. The molecular weight excluding hydrogens is 390 g/mol. The van der Waals surface area contributed by atoms with Gasteiger partial charge in [0.25, 0.3) is 10.0 Å². The molecule has 12 heteroatoms. The van der Waals surface area contributed by atoms with Gasteiger partial charge in [0, 0.05) is 0 Å². The number of hydrogen-bond donors (Lipinski definition) is 2. The standard InChI is InChI=1S/C14H10F6N2O3S/c15-13(16,17)8-3-9(14(18,19)20)5-12(4-8)26(24,25)22-10-1-2-11(7-23)21-6-10/h1-6,22-23H,7H2. The molecule has 1 aromatic carbocycles. The molecule has 26 heavy (non-hydrogen) atoms. The van der Waals surface area contributed by atoms with Crippen molar-refractivity contribution in [2.24, 2.45) is 0 Å². The Hall–Kier alpha value is -2.34. The number of nitrogens with zero attached hydrogens (tertiary/aromatic N) is 1. The van der Waals surface area contributed by atoms with Gasteiger partial charge >= 0.3 is 12.4 Å². The molecule has 2 N–H and O–H groups in total. The van der Waals surface area contributed by atoms with Gasteiger partial charge in [-0.3, -0.25) is 9.71 Å². The van der Waals surface area contributed by atoms with Crippen LogP contribution in [0.3, 0.4) is 0 Å². The van der Waals surface area contributed by atoms with Gasteiger partial charge in [-0.15, -0.1) is 0 Å². The van der Waals surface area contributed by atoms with Crippen LogP contribution in [-0.4, -0.2) is 18.5 Å². The highest BCUT2D eigenvalue weighted by Crippen LogP contribution is 2.37. The molecule has 0 amide bonds. The average molecular weight is 400 g/mol. The van der Waals surface area contributed by atoms with E-state index in [9.17, 15) is 34.8 Å². The van der Waals surface area contributed by atoms with E-state index >= 15 is 0 Å². The minimum absolute atomic E-state index is 0.104. The maximum atomic E-state index is 12.8. The van der Waals surface area contributed by atoms with Crippen LogP contribution in [0.2, 0.25) is 0 Å². The summed E-state index contributed by atoms with van der Waals surface area (Å²) in [7, 11) is -4.75. The zero-order chi connectivity index (χ0) is 19.8. The van der Waals surface area contributed by atoms with Crippen LogP contribution < -0.4 is 4.72 Å². The number of anilines is 1. The Balaban J connectivity index is 2.50. The van der Waals surface area contributed by atoms with Crippen molar-refractivity contribution in [3.05, 3.63) is 53.3 Å². The molecule has 142 valence electrons. The summed E-state index contributed by atoms with van der Waals surface area (Å²) < 4.78 is 103. The second-order valence-corrected chi connectivity index (χ2v) is 6.73. The van der Waals surface area contributed by atoms with E-state index in [0.29, 0.717) is 0 Å².